The van der Waals surface area contributed by atoms with Crippen LogP contribution in [0.15, 0.2) is 59.5 Å². The van der Waals surface area contributed by atoms with Crippen molar-refractivity contribution in [1.29, 1.82) is 0 Å². The minimum atomic E-state index is -0.605. The standard InChI is InChI=1S/C16H14ClN3O3/c17-12-3-1-4-13(7-12)20-9-11(8-18-20)16(22)19-14(10-21)15-5-2-6-23-15/h1-9,14,21H,10H2,(H,19,22). The number of hydrogen-bond acceptors (Lipinski definition) is 4. The number of benzene rings is 1. The second-order valence-corrected chi connectivity index (χ2v) is 5.31. The van der Waals surface area contributed by atoms with Crippen molar-refractivity contribution in [1.82, 2.24) is 15.1 Å². The van der Waals surface area contributed by atoms with Crippen LogP contribution in [0.2, 0.25) is 5.02 Å². The van der Waals surface area contributed by atoms with E-state index in [4.69, 9.17) is 16.0 Å². The number of rotatable bonds is 5. The van der Waals surface area contributed by atoms with Gasteiger partial charge in [-0.3, -0.25) is 4.79 Å². The number of halogens is 1. The summed E-state index contributed by atoms with van der Waals surface area (Å²) in [6.45, 7) is -0.262. The number of hydrogen-bond donors (Lipinski definition) is 2. The Bertz CT molecular complexity index is 799. The molecule has 7 heteroatoms. The topological polar surface area (TPSA) is 80.3 Å². The highest BCUT2D eigenvalue weighted by atomic mass is 35.5. The van der Waals surface area contributed by atoms with Gasteiger partial charge >= 0.3 is 0 Å². The third-order valence-corrected chi connectivity index (χ3v) is 3.53. The van der Waals surface area contributed by atoms with E-state index in [1.807, 2.05) is 6.07 Å². The molecule has 0 aliphatic carbocycles. The van der Waals surface area contributed by atoms with Gasteiger partial charge in [-0.05, 0) is 30.3 Å². The molecule has 2 aromatic heterocycles. The second kappa shape index (κ2) is 6.68. The average molecular weight is 332 g/mol. The molecule has 1 amide bonds. The molecule has 23 heavy (non-hydrogen) atoms. The Balaban J connectivity index is 1.76. The fourth-order valence-corrected chi connectivity index (χ4v) is 2.32. The third kappa shape index (κ3) is 3.44. The van der Waals surface area contributed by atoms with Gasteiger partial charge in [-0.25, -0.2) is 4.68 Å². The Morgan fingerprint density at radius 2 is 2.26 bits per heavy atom. The number of nitrogens with one attached hydrogen (secondary N) is 1. The molecule has 0 saturated carbocycles. The molecule has 6 nitrogen and oxygen atoms in total. The largest absolute Gasteiger partial charge is 0.467 e. The van der Waals surface area contributed by atoms with Crippen molar-refractivity contribution < 1.29 is 14.3 Å². The average Bonchev–Trinajstić information content (AvgIpc) is 3.23. The fraction of sp³-hybridized carbons (Fsp3) is 0.125. The first-order valence-electron chi connectivity index (χ1n) is 6.93. The molecule has 0 bridgehead atoms. The summed E-state index contributed by atoms with van der Waals surface area (Å²) in [6, 6.07) is 9.93. The van der Waals surface area contributed by atoms with Crippen molar-refractivity contribution in [3.8, 4) is 5.69 Å². The Morgan fingerprint density at radius 3 is 2.96 bits per heavy atom. The highest BCUT2D eigenvalue weighted by Gasteiger charge is 2.18. The monoisotopic (exact) mass is 331 g/mol. The van der Waals surface area contributed by atoms with Crippen LogP contribution in [0.25, 0.3) is 5.69 Å². The fourth-order valence-electron chi connectivity index (χ4n) is 2.14. The molecule has 3 rings (SSSR count). The number of aliphatic hydroxyl groups is 1. The summed E-state index contributed by atoms with van der Waals surface area (Å²) in [5.41, 5.74) is 1.12. The van der Waals surface area contributed by atoms with Crippen LogP contribution in [-0.2, 0) is 0 Å². The Hall–Kier alpha value is -2.57. The molecule has 2 N–H and O–H groups in total. The summed E-state index contributed by atoms with van der Waals surface area (Å²) >= 11 is 5.95. The molecule has 3 aromatic rings. The predicted octanol–water partition coefficient (Wildman–Crippen LogP) is 2.58. The summed E-state index contributed by atoms with van der Waals surface area (Å²) in [5, 5.41) is 16.8. The van der Waals surface area contributed by atoms with Gasteiger partial charge in [0.25, 0.3) is 5.91 Å². The summed E-state index contributed by atoms with van der Waals surface area (Å²) in [7, 11) is 0. The molecule has 0 saturated heterocycles. The van der Waals surface area contributed by atoms with Gasteiger partial charge in [-0.15, -0.1) is 0 Å². The Kier molecular flexibility index (Phi) is 4.45. The van der Waals surface area contributed by atoms with E-state index >= 15 is 0 Å². The van der Waals surface area contributed by atoms with Gasteiger partial charge in [0.15, 0.2) is 0 Å². The third-order valence-electron chi connectivity index (χ3n) is 3.29. The first-order chi connectivity index (χ1) is 11.2. The maximum absolute atomic E-state index is 12.3. The van der Waals surface area contributed by atoms with Gasteiger partial charge in [0.1, 0.15) is 11.8 Å². The van der Waals surface area contributed by atoms with Gasteiger partial charge in [0.05, 0.1) is 30.3 Å². The van der Waals surface area contributed by atoms with Crippen molar-refractivity contribution in [2.45, 2.75) is 6.04 Å². The van der Waals surface area contributed by atoms with Crippen LogP contribution < -0.4 is 5.32 Å². The Labute approximate surface area is 137 Å². The lowest BCUT2D eigenvalue weighted by atomic mass is 10.2. The smallest absolute Gasteiger partial charge is 0.255 e. The molecule has 1 aromatic carbocycles. The van der Waals surface area contributed by atoms with Crippen molar-refractivity contribution in [3.63, 3.8) is 0 Å². The molecule has 0 aliphatic rings. The molecule has 0 radical (unpaired) electrons. The zero-order chi connectivity index (χ0) is 16.2. The van der Waals surface area contributed by atoms with E-state index in [1.54, 1.807) is 41.2 Å². The molecule has 1 unspecified atom stereocenters. The zero-order valence-corrected chi connectivity index (χ0v) is 12.8. The van der Waals surface area contributed by atoms with E-state index in [0.717, 1.165) is 5.69 Å². The van der Waals surface area contributed by atoms with Crippen LogP contribution in [0.3, 0.4) is 0 Å². The molecular formula is C16H14ClN3O3. The first kappa shape index (κ1) is 15.3. The lowest BCUT2D eigenvalue weighted by Crippen LogP contribution is -2.30. The summed E-state index contributed by atoms with van der Waals surface area (Å²) in [5.74, 6) is 0.136. The minimum absolute atomic E-state index is 0.262. The number of furan rings is 1. The van der Waals surface area contributed by atoms with E-state index in [1.165, 1.54) is 12.5 Å². The number of carbonyl (C=O) groups excluding carboxylic acids is 1. The molecule has 0 aliphatic heterocycles. The predicted molar refractivity (Wildman–Crippen MR) is 84.6 cm³/mol. The highest BCUT2D eigenvalue weighted by Crippen LogP contribution is 2.16. The summed E-state index contributed by atoms with van der Waals surface area (Å²) in [6.07, 6.45) is 4.53. The van der Waals surface area contributed by atoms with Crippen LogP contribution in [0.5, 0.6) is 0 Å². The van der Waals surface area contributed by atoms with Crippen LogP contribution in [0.1, 0.15) is 22.2 Å². The van der Waals surface area contributed by atoms with E-state index in [0.29, 0.717) is 16.3 Å². The SMILES string of the molecule is O=C(NC(CO)c1ccco1)c1cnn(-c2cccc(Cl)c2)c1. The van der Waals surface area contributed by atoms with E-state index in [2.05, 4.69) is 10.4 Å². The maximum atomic E-state index is 12.3. The molecule has 2 heterocycles. The summed E-state index contributed by atoms with van der Waals surface area (Å²) in [4.78, 5) is 12.3. The molecule has 118 valence electrons. The zero-order valence-electron chi connectivity index (χ0n) is 12.0. The van der Waals surface area contributed by atoms with Gasteiger partial charge < -0.3 is 14.8 Å². The van der Waals surface area contributed by atoms with Gasteiger partial charge in [-0.1, -0.05) is 17.7 Å². The van der Waals surface area contributed by atoms with E-state index in [-0.39, 0.29) is 12.5 Å². The molecule has 0 spiro atoms. The molecular weight excluding hydrogens is 318 g/mol. The molecule has 1 atom stereocenters. The number of amides is 1. The van der Waals surface area contributed by atoms with Crippen LogP contribution in [0.4, 0.5) is 0 Å². The van der Waals surface area contributed by atoms with Crippen LogP contribution in [0, 0.1) is 0 Å². The number of carbonyl (C=O) groups is 1. The lowest BCUT2D eigenvalue weighted by molar-refractivity contribution is 0.0907. The van der Waals surface area contributed by atoms with E-state index in [9.17, 15) is 9.90 Å². The normalized spacial score (nSPS) is 12.1. The van der Waals surface area contributed by atoms with Crippen molar-refractivity contribution in [2.75, 3.05) is 6.61 Å². The van der Waals surface area contributed by atoms with Gasteiger partial charge in [-0.2, -0.15) is 5.10 Å². The summed E-state index contributed by atoms with van der Waals surface area (Å²) < 4.78 is 6.76. The maximum Gasteiger partial charge on any atom is 0.255 e. The van der Waals surface area contributed by atoms with Gasteiger partial charge in [0, 0.05) is 11.2 Å². The quantitative estimate of drug-likeness (QED) is 0.753. The first-order valence-corrected chi connectivity index (χ1v) is 7.31. The minimum Gasteiger partial charge on any atom is -0.467 e. The van der Waals surface area contributed by atoms with Crippen molar-refractivity contribution >= 4 is 17.5 Å². The molecule has 0 fully saturated rings. The van der Waals surface area contributed by atoms with Crippen LogP contribution in [-0.4, -0.2) is 27.4 Å². The van der Waals surface area contributed by atoms with Crippen LogP contribution >= 0.6 is 11.6 Å². The van der Waals surface area contributed by atoms with E-state index < -0.39 is 6.04 Å². The second-order valence-electron chi connectivity index (χ2n) is 4.88. The lowest BCUT2D eigenvalue weighted by Gasteiger charge is -2.12. The van der Waals surface area contributed by atoms with Crippen molar-refractivity contribution in [2.24, 2.45) is 0 Å². The highest BCUT2D eigenvalue weighted by molar-refractivity contribution is 6.30. The number of aromatic nitrogens is 2. The van der Waals surface area contributed by atoms with Gasteiger partial charge in [0.2, 0.25) is 0 Å². The van der Waals surface area contributed by atoms with Crippen molar-refractivity contribution in [3.05, 3.63) is 71.4 Å². The number of nitrogens with zero attached hydrogens (tertiary/aromatic N) is 2. The Morgan fingerprint density at radius 1 is 1.39 bits per heavy atom. The number of aliphatic hydroxyl groups excluding tert-OH is 1.